The summed E-state index contributed by atoms with van der Waals surface area (Å²) in [5.41, 5.74) is 0. The summed E-state index contributed by atoms with van der Waals surface area (Å²) in [5, 5.41) is 0. The fourth-order valence-corrected chi connectivity index (χ4v) is 1.32. The maximum absolute atomic E-state index is 13.2. The standard InChI is InChI=1S/C11H7BrFNO/c12-8-3-5-9(6-4-8)15-11-10(13)2-1-7-14-11/h1-7H. The van der Waals surface area contributed by atoms with Crippen LogP contribution in [0.2, 0.25) is 0 Å². The van der Waals surface area contributed by atoms with E-state index in [-0.39, 0.29) is 5.88 Å². The number of hydrogen-bond donors (Lipinski definition) is 0. The Morgan fingerprint density at radius 1 is 1.13 bits per heavy atom. The quantitative estimate of drug-likeness (QED) is 0.826. The minimum Gasteiger partial charge on any atom is -0.436 e. The molecule has 0 bridgehead atoms. The molecule has 0 N–H and O–H groups in total. The number of hydrogen-bond acceptors (Lipinski definition) is 2. The molecule has 2 nitrogen and oxygen atoms in total. The predicted molar refractivity (Wildman–Crippen MR) is 58.4 cm³/mol. The highest BCUT2D eigenvalue weighted by Gasteiger charge is 2.04. The largest absolute Gasteiger partial charge is 0.436 e. The lowest BCUT2D eigenvalue weighted by molar-refractivity contribution is 0.422. The summed E-state index contributed by atoms with van der Waals surface area (Å²) in [5.74, 6) is 0.0658. The van der Waals surface area contributed by atoms with Gasteiger partial charge in [-0.25, -0.2) is 9.37 Å². The summed E-state index contributed by atoms with van der Waals surface area (Å²) < 4.78 is 19.4. The van der Waals surface area contributed by atoms with Crippen molar-refractivity contribution in [2.75, 3.05) is 0 Å². The minimum atomic E-state index is -0.472. The van der Waals surface area contributed by atoms with E-state index in [9.17, 15) is 4.39 Å². The zero-order valence-corrected chi connectivity index (χ0v) is 9.24. The second-order valence-corrected chi connectivity index (χ2v) is 3.76. The van der Waals surface area contributed by atoms with E-state index in [0.29, 0.717) is 5.75 Å². The molecule has 0 amide bonds. The van der Waals surface area contributed by atoms with E-state index in [1.807, 2.05) is 12.1 Å². The van der Waals surface area contributed by atoms with Crippen LogP contribution in [0.5, 0.6) is 11.6 Å². The van der Waals surface area contributed by atoms with Gasteiger partial charge in [-0.1, -0.05) is 15.9 Å². The van der Waals surface area contributed by atoms with Crippen LogP contribution >= 0.6 is 15.9 Å². The first kappa shape index (κ1) is 10.1. The van der Waals surface area contributed by atoms with Crippen LogP contribution in [0.1, 0.15) is 0 Å². The molecule has 1 aromatic carbocycles. The van der Waals surface area contributed by atoms with Gasteiger partial charge in [-0.2, -0.15) is 0 Å². The molecule has 2 aromatic rings. The van der Waals surface area contributed by atoms with Crippen LogP contribution in [-0.2, 0) is 0 Å². The zero-order valence-electron chi connectivity index (χ0n) is 7.65. The average molecular weight is 268 g/mol. The molecule has 0 atom stereocenters. The molecule has 0 aliphatic rings. The molecular weight excluding hydrogens is 261 g/mol. The molecular formula is C11H7BrFNO. The molecule has 1 heterocycles. The predicted octanol–water partition coefficient (Wildman–Crippen LogP) is 3.78. The van der Waals surface area contributed by atoms with Crippen LogP contribution in [0.4, 0.5) is 4.39 Å². The van der Waals surface area contributed by atoms with Gasteiger partial charge in [0.15, 0.2) is 5.82 Å². The van der Waals surface area contributed by atoms with E-state index in [1.165, 1.54) is 18.3 Å². The van der Waals surface area contributed by atoms with Crippen LogP contribution < -0.4 is 4.74 Å². The van der Waals surface area contributed by atoms with Gasteiger partial charge in [0, 0.05) is 10.7 Å². The van der Waals surface area contributed by atoms with Crippen LogP contribution in [0.3, 0.4) is 0 Å². The number of ether oxygens (including phenoxy) is 1. The van der Waals surface area contributed by atoms with Crippen molar-refractivity contribution in [3.8, 4) is 11.6 Å². The highest BCUT2D eigenvalue weighted by Crippen LogP contribution is 2.23. The fourth-order valence-electron chi connectivity index (χ4n) is 1.06. The van der Waals surface area contributed by atoms with Crippen molar-refractivity contribution in [1.29, 1.82) is 0 Å². The Kier molecular flexibility index (Phi) is 2.97. The fraction of sp³-hybridized carbons (Fsp3) is 0. The van der Waals surface area contributed by atoms with E-state index in [4.69, 9.17) is 4.74 Å². The molecule has 0 fully saturated rings. The first-order chi connectivity index (χ1) is 7.25. The second-order valence-electron chi connectivity index (χ2n) is 2.85. The van der Waals surface area contributed by atoms with Crippen LogP contribution in [-0.4, -0.2) is 4.98 Å². The molecule has 0 aliphatic heterocycles. The maximum Gasteiger partial charge on any atom is 0.255 e. The molecule has 0 saturated carbocycles. The zero-order chi connectivity index (χ0) is 10.7. The van der Waals surface area contributed by atoms with Gasteiger partial charge >= 0.3 is 0 Å². The first-order valence-electron chi connectivity index (χ1n) is 4.29. The van der Waals surface area contributed by atoms with Gasteiger partial charge in [0.25, 0.3) is 5.88 Å². The highest BCUT2D eigenvalue weighted by atomic mass is 79.9. The minimum absolute atomic E-state index is 0.0141. The molecule has 0 saturated heterocycles. The molecule has 0 unspecified atom stereocenters. The third-order valence-corrected chi connectivity index (χ3v) is 2.28. The Balaban J connectivity index is 2.22. The summed E-state index contributed by atoms with van der Waals surface area (Å²) in [6.45, 7) is 0. The summed E-state index contributed by atoms with van der Waals surface area (Å²) in [6.07, 6.45) is 1.48. The van der Waals surface area contributed by atoms with Crippen LogP contribution in [0, 0.1) is 5.82 Å². The van der Waals surface area contributed by atoms with Crippen molar-refractivity contribution in [3.63, 3.8) is 0 Å². The van der Waals surface area contributed by atoms with Gasteiger partial charge in [0.1, 0.15) is 5.75 Å². The Bertz CT molecular complexity index is 458. The van der Waals surface area contributed by atoms with Crippen molar-refractivity contribution in [2.24, 2.45) is 0 Å². The summed E-state index contributed by atoms with van der Waals surface area (Å²) in [7, 11) is 0. The molecule has 4 heteroatoms. The van der Waals surface area contributed by atoms with Gasteiger partial charge < -0.3 is 4.74 Å². The molecule has 15 heavy (non-hydrogen) atoms. The Morgan fingerprint density at radius 2 is 1.87 bits per heavy atom. The van der Waals surface area contributed by atoms with Crippen LogP contribution in [0.15, 0.2) is 47.1 Å². The van der Waals surface area contributed by atoms with Crippen LogP contribution in [0.25, 0.3) is 0 Å². The van der Waals surface area contributed by atoms with E-state index in [2.05, 4.69) is 20.9 Å². The van der Waals surface area contributed by atoms with Crippen molar-refractivity contribution in [2.45, 2.75) is 0 Å². The van der Waals surface area contributed by atoms with Crippen molar-refractivity contribution in [1.82, 2.24) is 4.98 Å². The van der Waals surface area contributed by atoms with E-state index in [1.54, 1.807) is 12.1 Å². The third-order valence-electron chi connectivity index (χ3n) is 1.75. The topological polar surface area (TPSA) is 22.1 Å². The Hall–Kier alpha value is -1.42. The lowest BCUT2D eigenvalue weighted by Crippen LogP contribution is -1.90. The highest BCUT2D eigenvalue weighted by molar-refractivity contribution is 9.10. The third kappa shape index (κ3) is 2.53. The number of halogens is 2. The van der Waals surface area contributed by atoms with Gasteiger partial charge in [-0.05, 0) is 36.4 Å². The normalized spacial score (nSPS) is 10.0. The lowest BCUT2D eigenvalue weighted by Gasteiger charge is -2.04. The van der Waals surface area contributed by atoms with Gasteiger partial charge in [-0.15, -0.1) is 0 Å². The summed E-state index contributed by atoms with van der Waals surface area (Å²) >= 11 is 3.30. The molecule has 0 aliphatic carbocycles. The van der Waals surface area contributed by atoms with E-state index >= 15 is 0 Å². The summed E-state index contributed by atoms with van der Waals surface area (Å²) in [6, 6.07) is 9.92. The van der Waals surface area contributed by atoms with Gasteiger partial charge in [0.2, 0.25) is 0 Å². The van der Waals surface area contributed by atoms with Gasteiger partial charge in [0.05, 0.1) is 0 Å². The van der Waals surface area contributed by atoms with E-state index in [0.717, 1.165) is 4.47 Å². The lowest BCUT2D eigenvalue weighted by atomic mass is 10.3. The van der Waals surface area contributed by atoms with Crippen molar-refractivity contribution in [3.05, 3.63) is 52.9 Å². The number of benzene rings is 1. The Labute approximate surface area is 94.9 Å². The summed E-state index contributed by atoms with van der Waals surface area (Å²) in [4.78, 5) is 3.79. The smallest absolute Gasteiger partial charge is 0.255 e. The monoisotopic (exact) mass is 267 g/mol. The Morgan fingerprint density at radius 3 is 2.53 bits per heavy atom. The van der Waals surface area contributed by atoms with Crippen molar-refractivity contribution < 1.29 is 9.13 Å². The number of pyridine rings is 1. The van der Waals surface area contributed by atoms with Gasteiger partial charge in [-0.3, -0.25) is 0 Å². The molecule has 2 rings (SSSR count). The van der Waals surface area contributed by atoms with Crippen molar-refractivity contribution >= 4 is 15.9 Å². The molecule has 1 aromatic heterocycles. The number of aromatic nitrogens is 1. The second kappa shape index (κ2) is 4.40. The van der Waals surface area contributed by atoms with E-state index < -0.39 is 5.82 Å². The SMILES string of the molecule is Fc1cccnc1Oc1ccc(Br)cc1. The number of nitrogens with zero attached hydrogens (tertiary/aromatic N) is 1. The maximum atomic E-state index is 13.2. The molecule has 0 radical (unpaired) electrons. The molecule has 0 spiro atoms. The molecule has 76 valence electrons. The first-order valence-corrected chi connectivity index (χ1v) is 5.09. The average Bonchev–Trinajstić information content (AvgIpc) is 2.25. The number of rotatable bonds is 2.